The summed E-state index contributed by atoms with van der Waals surface area (Å²) in [5.74, 6) is 0. The molecule has 0 bridgehead atoms. The highest BCUT2D eigenvalue weighted by molar-refractivity contribution is 5.22. The van der Waals surface area contributed by atoms with Gasteiger partial charge in [-0.25, -0.2) is 0 Å². The fourth-order valence-electron chi connectivity index (χ4n) is 2.73. The van der Waals surface area contributed by atoms with Gasteiger partial charge in [0.15, 0.2) is 0 Å². The Bertz CT molecular complexity index is 399. The Morgan fingerprint density at radius 3 is 2.40 bits per heavy atom. The molecule has 1 N–H and O–H groups in total. The van der Waals surface area contributed by atoms with Crippen molar-refractivity contribution in [3.63, 3.8) is 0 Å². The van der Waals surface area contributed by atoms with Crippen LogP contribution in [0.5, 0.6) is 0 Å². The van der Waals surface area contributed by atoms with Crippen LogP contribution in [0.4, 0.5) is 0 Å². The van der Waals surface area contributed by atoms with Crippen molar-refractivity contribution in [2.45, 2.75) is 45.9 Å². The number of hydrogen-bond donors (Lipinski definition) is 1. The molecule has 0 aromatic heterocycles. The second kappa shape index (κ2) is 7.21. The summed E-state index contributed by atoms with van der Waals surface area (Å²) < 4.78 is 0. The molecule has 0 spiro atoms. The van der Waals surface area contributed by atoms with Gasteiger partial charge in [0.05, 0.1) is 0 Å². The Labute approximate surface area is 124 Å². The van der Waals surface area contributed by atoms with Crippen LogP contribution in [0, 0.1) is 0 Å². The monoisotopic (exact) mass is 275 g/mol. The molecule has 1 saturated heterocycles. The van der Waals surface area contributed by atoms with Crippen LogP contribution in [-0.2, 0) is 13.1 Å². The Morgan fingerprint density at radius 1 is 1.15 bits per heavy atom. The third-order valence-corrected chi connectivity index (χ3v) is 4.09. The highest BCUT2D eigenvalue weighted by Gasteiger charge is 2.21. The van der Waals surface area contributed by atoms with E-state index in [-0.39, 0.29) is 0 Å². The van der Waals surface area contributed by atoms with Crippen molar-refractivity contribution in [2.24, 2.45) is 0 Å². The minimum Gasteiger partial charge on any atom is -0.310 e. The lowest BCUT2D eigenvalue weighted by molar-refractivity contribution is 0.0938. The zero-order valence-corrected chi connectivity index (χ0v) is 13.4. The van der Waals surface area contributed by atoms with E-state index in [1.54, 1.807) is 0 Å². The third-order valence-electron chi connectivity index (χ3n) is 4.09. The highest BCUT2D eigenvalue weighted by atomic mass is 15.3. The smallest absolute Gasteiger partial charge is 0.0237 e. The van der Waals surface area contributed by atoms with Gasteiger partial charge in [-0.15, -0.1) is 0 Å². The summed E-state index contributed by atoms with van der Waals surface area (Å²) in [6, 6.07) is 10.3. The van der Waals surface area contributed by atoms with Crippen LogP contribution in [0.15, 0.2) is 24.3 Å². The van der Waals surface area contributed by atoms with Gasteiger partial charge in [0.25, 0.3) is 0 Å². The van der Waals surface area contributed by atoms with Crippen LogP contribution in [-0.4, -0.2) is 48.6 Å². The lowest BCUT2D eigenvalue weighted by atomic mass is 10.1. The van der Waals surface area contributed by atoms with Crippen LogP contribution in [0.3, 0.4) is 0 Å². The number of benzene rings is 1. The van der Waals surface area contributed by atoms with Gasteiger partial charge in [-0.05, 0) is 25.1 Å². The van der Waals surface area contributed by atoms with Crippen molar-refractivity contribution in [3.05, 3.63) is 35.4 Å². The molecule has 0 amide bonds. The minimum absolute atomic E-state index is 0.542. The fraction of sp³-hybridized carbons (Fsp3) is 0.647. The summed E-state index contributed by atoms with van der Waals surface area (Å²) in [6.45, 7) is 12.3. The van der Waals surface area contributed by atoms with Crippen molar-refractivity contribution in [3.8, 4) is 0 Å². The molecule has 112 valence electrons. The van der Waals surface area contributed by atoms with E-state index in [1.807, 2.05) is 0 Å². The number of piperazine rings is 1. The lowest BCUT2D eigenvalue weighted by Gasteiger charge is -2.38. The fourth-order valence-corrected chi connectivity index (χ4v) is 2.73. The normalized spacial score (nSPS) is 21.6. The number of nitrogens with zero attached hydrogens (tertiary/aromatic N) is 2. The van der Waals surface area contributed by atoms with Gasteiger partial charge in [-0.3, -0.25) is 4.90 Å². The van der Waals surface area contributed by atoms with Crippen molar-refractivity contribution in [1.29, 1.82) is 0 Å². The molecule has 0 radical (unpaired) electrons. The summed E-state index contributed by atoms with van der Waals surface area (Å²) in [5, 5.41) is 3.46. The highest BCUT2D eigenvalue weighted by Crippen LogP contribution is 2.13. The van der Waals surface area contributed by atoms with Crippen molar-refractivity contribution in [1.82, 2.24) is 15.1 Å². The van der Waals surface area contributed by atoms with E-state index in [9.17, 15) is 0 Å². The van der Waals surface area contributed by atoms with Crippen LogP contribution >= 0.6 is 0 Å². The summed E-state index contributed by atoms with van der Waals surface area (Å²) >= 11 is 0. The summed E-state index contributed by atoms with van der Waals surface area (Å²) in [5.41, 5.74) is 2.79. The maximum absolute atomic E-state index is 3.46. The molecule has 0 aliphatic carbocycles. The van der Waals surface area contributed by atoms with Gasteiger partial charge in [-0.2, -0.15) is 0 Å². The van der Waals surface area contributed by atoms with Crippen LogP contribution < -0.4 is 5.32 Å². The Balaban J connectivity index is 1.87. The van der Waals surface area contributed by atoms with E-state index in [1.165, 1.54) is 30.8 Å². The zero-order chi connectivity index (χ0) is 14.5. The Hall–Kier alpha value is -0.900. The van der Waals surface area contributed by atoms with E-state index in [2.05, 4.69) is 67.2 Å². The molecule has 1 aliphatic rings. The first-order valence-electron chi connectivity index (χ1n) is 7.78. The van der Waals surface area contributed by atoms with E-state index in [4.69, 9.17) is 0 Å². The number of nitrogens with one attached hydrogen (secondary N) is 1. The van der Waals surface area contributed by atoms with Gasteiger partial charge >= 0.3 is 0 Å². The number of likely N-dealkylation sites (N-methyl/N-ethyl adjacent to an activating group) is 1. The first kappa shape index (κ1) is 15.5. The molecule has 0 saturated carbocycles. The standard InChI is InChI=1S/C17H29N3/c1-14(2)18-11-16-5-7-17(8-6-16)13-20-10-9-19(4)12-15(20)3/h5-8,14-15,18H,9-13H2,1-4H3. The second-order valence-electron chi connectivity index (χ2n) is 6.43. The van der Waals surface area contributed by atoms with Gasteiger partial charge < -0.3 is 10.2 Å². The molecule has 1 aliphatic heterocycles. The van der Waals surface area contributed by atoms with Crippen molar-refractivity contribution in [2.75, 3.05) is 26.7 Å². The second-order valence-corrected chi connectivity index (χ2v) is 6.43. The van der Waals surface area contributed by atoms with Gasteiger partial charge in [0.1, 0.15) is 0 Å². The molecule has 20 heavy (non-hydrogen) atoms. The average molecular weight is 275 g/mol. The van der Waals surface area contributed by atoms with Crippen molar-refractivity contribution >= 4 is 0 Å². The summed E-state index contributed by atoms with van der Waals surface area (Å²) in [6.07, 6.45) is 0. The molecule has 1 aromatic carbocycles. The van der Waals surface area contributed by atoms with E-state index < -0.39 is 0 Å². The largest absolute Gasteiger partial charge is 0.310 e. The van der Waals surface area contributed by atoms with E-state index in [0.717, 1.165) is 13.1 Å². The van der Waals surface area contributed by atoms with Crippen LogP contribution in [0.1, 0.15) is 31.9 Å². The first-order chi connectivity index (χ1) is 9.54. The summed E-state index contributed by atoms with van der Waals surface area (Å²) in [7, 11) is 2.21. The predicted octanol–water partition coefficient (Wildman–Crippen LogP) is 2.32. The number of hydrogen-bond acceptors (Lipinski definition) is 3. The molecular formula is C17H29N3. The van der Waals surface area contributed by atoms with E-state index >= 15 is 0 Å². The predicted molar refractivity (Wildman–Crippen MR) is 85.8 cm³/mol. The lowest BCUT2D eigenvalue weighted by Crippen LogP contribution is -2.49. The Morgan fingerprint density at radius 2 is 1.80 bits per heavy atom. The molecule has 1 fully saturated rings. The SMILES string of the molecule is CC(C)NCc1ccc(CN2CCN(C)CC2C)cc1. The molecule has 3 nitrogen and oxygen atoms in total. The maximum atomic E-state index is 3.46. The van der Waals surface area contributed by atoms with Crippen LogP contribution in [0.2, 0.25) is 0 Å². The molecular weight excluding hydrogens is 246 g/mol. The quantitative estimate of drug-likeness (QED) is 0.890. The molecule has 3 heteroatoms. The van der Waals surface area contributed by atoms with Gasteiger partial charge in [0, 0.05) is 44.8 Å². The average Bonchev–Trinajstić information content (AvgIpc) is 2.41. The molecule has 1 heterocycles. The van der Waals surface area contributed by atoms with Crippen LogP contribution in [0.25, 0.3) is 0 Å². The Kier molecular flexibility index (Phi) is 5.58. The van der Waals surface area contributed by atoms with Gasteiger partial charge in [0.2, 0.25) is 0 Å². The number of rotatable bonds is 5. The topological polar surface area (TPSA) is 18.5 Å². The molecule has 2 rings (SSSR count). The first-order valence-corrected chi connectivity index (χ1v) is 7.78. The minimum atomic E-state index is 0.542. The molecule has 1 atom stereocenters. The zero-order valence-electron chi connectivity index (χ0n) is 13.4. The van der Waals surface area contributed by atoms with E-state index in [0.29, 0.717) is 12.1 Å². The molecule has 1 aromatic rings. The third kappa shape index (κ3) is 4.58. The van der Waals surface area contributed by atoms with Crippen molar-refractivity contribution < 1.29 is 0 Å². The van der Waals surface area contributed by atoms with Gasteiger partial charge in [-0.1, -0.05) is 38.1 Å². The molecule has 1 unspecified atom stereocenters. The summed E-state index contributed by atoms with van der Waals surface area (Å²) in [4.78, 5) is 5.00. The maximum Gasteiger partial charge on any atom is 0.0237 e.